The molecule has 35 heavy (non-hydrogen) atoms. The number of nitriles is 1. The molecule has 0 bridgehead atoms. The fourth-order valence-electron chi connectivity index (χ4n) is 4.93. The van der Waals surface area contributed by atoms with Crippen LogP contribution in [0, 0.1) is 22.6 Å². The number of likely N-dealkylation sites (tertiary alicyclic amines) is 1. The van der Waals surface area contributed by atoms with Gasteiger partial charge in [0.15, 0.2) is 0 Å². The van der Waals surface area contributed by atoms with E-state index in [0.29, 0.717) is 32.2 Å². The number of carbonyl (C=O) groups is 3. The topological polar surface area (TPSA) is 93.5 Å². The number of carbonyl (C=O) groups excluding carboxylic acids is 3. The van der Waals surface area contributed by atoms with Crippen molar-refractivity contribution >= 4 is 17.7 Å². The third-order valence-electron chi connectivity index (χ3n) is 7.08. The van der Waals surface area contributed by atoms with Gasteiger partial charge in [0.05, 0.1) is 18.2 Å². The van der Waals surface area contributed by atoms with Crippen LogP contribution in [-0.2, 0) is 20.8 Å². The third-order valence-corrected chi connectivity index (χ3v) is 7.08. The van der Waals surface area contributed by atoms with Crippen LogP contribution in [0.25, 0.3) is 11.1 Å². The van der Waals surface area contributed by atoms with E-state index >= 15 is 0 Å². The molecule has 0 spiro atoms. The van der Waals surface area contributed by atoms with Crippen LogP contribution >= 0.6 is 0 Å². The Balaban J connectivity index is 1.61. The Kier molecular flexibility index (Phi) is 6.88. The molecule has 2 aliphatic rings. The van der Waals surface area contributed by atoms with Crippen LogP contribution in [0.2, 0.25) is 0 Å². The molecule has 1 saturated heterocycles. The van der Waals surface area contributed by atoms with Gasteiger partial charge < -0.3 is 15.1 Å². The van der Waals surface area contributed by atoms with E-state index in [2.05, 4.69) is 11.4 Å². The summed E-state index contributed by atoms with van der Waals surface area (Å²) in [5.74, 6) is -1.90. The molecule has 8 heteroatoms. The second-order valence-electron chi connectivity index (χ2n) is 9.60. The lowest BCUT2D eigenvalue weighted by molar-refractivity contribution is -0.145. The third kappa shape index (κ3) is 4.90. The summed E-state index contributed by atoms with van der Waals surface area (Å²) in [6.07, 6.45) is 2.84. The number of halogens is 1. The molecular formula is C27H29FN4O3. The van der Waals surface area contributed by atoms with E-state index in [1.165, 1.54) is 31.1 Å². The molecule has 7 nitrogen and oxygen atoms in total. The molecule has 1 saturated carbocycles. The van der Waals surface area contributed by atoms with Crippen molar-refractivity contribution < 1.29 is 18.8 Å². The zero-order chi connectivity index (χ0) is 25.2. The van der Waals surface area contributed by atoms with Crippen molar-refractivity contribution in [1.82, 2.24) is 15.1 Å². The van der Waals surface area contributed by atoms with E-state index in [-0.39, 0.29) is 11.7 Å². The fourth-order valence-corrected chi connectivity index (χ4v) is 4.93. The number of benzene rings is 2. The monoisotopic (exact) mass is 476 g/mol. The van der Waals surface area contributed by atoms with Crippen LogP contribution in [0.3, 0.4) is 0 Å². The van der Waals surface area contributed by atoms with E-state index in [1.807, 2.05) is 30.3 Å². The molecule has 2 atom stereocenters. The molecule has 1 aliphatic carbocycles. The summed E-state index contributed by atoms with van der Waals surface area (Å²) in [7, 11) is 3.02. The Bertz CT molecular complexity index is 1180. The number of likely N-dealkylation sites (N-methyl/N-ethyl adjacent to an activating group) is 1. The van der Waals surface area contributed by atoms with Gasteiger partial charge in [-0.25, -0.2) is 4.39 Å². The Morgan fingerprint density at radius 1 is 1.14 bits per heavy atom. The van der Waals surface area contributed by atoms with Crippen molar-refractivity contribution in [1.29, 1.82) is 5.26 Å². The highest BCUT2D eigenvalue weighted by molar-refractivity contribution is 6.34. The molecule has 0 aromatic heterocycles. The first-order chi connectivity index (χ1) is 16.7. The Morgan fingerprint density at radius 3 is 2.43 bits per heavy atom. The van der Waals surface area contributed by atoms with Gasteiger partial charge in [0.1, 0.15) is 11.2 Å². The summed E-state index contributed by atoms with van der Waals surface area (Å²) in [6.45, 7) is 0.400. The minimum absolute atomic E-state index is 0.201. The standard InChI is InChI=1S/C27H29FN4O3/c1-31(2)25(34)24(33)30-22-10-13-32(26(35)27(17-29)11-5-12-27)23(22)15-18-6-3-7-19(14-18)20-8-4-9-21(28)16-20/h3-4,6-9,14,16,22-23H,5,10-13,15H2,1-2H3,(H,30,33)/t22-,23-/m0/s1. The SMILES string of the molecule is CN(C)C(=O)C(=O)N[C@H]1CCN(C(=O)C2(C#N)CCC2)[C@H]1Cc1cccc(-c2cccc(F)c2)c1. The molecular weight excluding hydrogens is 447 g/mol. The largest absolute Gasteiger partial charge is 0.343 e. The average Bonchev–Trinajstić information content (AvgIpc) is 3.20. The highest BCUT2D eigenvalue weighted by Gasteiger charge is 2.50. The van der Waals surface area contributed by atoms with Crippen LogP contribution in [-0.4, -0.2) is 60.2 Å². The van der Waals surface area contributed by atoms with Crippen LogP contribution < -0.4 is 5.32 Å². The quantitative estimate of drug-likeness (QED) is 0.672. The zero-order valence-corrected chi connectivity index (χ0v) is 20.0. The minimum atomic E-state index is -1.000. The zero-order valence-electron chi connectivity index (χ0n) is 20.0. The Morgan fingerprint density at radius 2 is 1.83 bits per heavy atom. The van der Waals surface area contributed by atoms with Gasteiger partial charge in [0.25, 0.3) is 0 Å². The molecule has 0 radical (unpaired) electrons. The smallest absolute Gasteiger partial charge is 0.311 e. The van der Waals surface area contributed by atoms with Crippen molar-refractivity contribution in [2.24, 2.45) is 5.41 Å². The maximum Gasteiger partial charge on any atom is 0.311 e. The second-order valence-corrected chi connectivity index (χ2v) is 9.60. The fraction of sp³-hybridized carbons (Fsp3) is 0.407. The van der Waals surface area contributed by atoms with Crippen LogP contribution in [0.4, 0.5) is 4.39 Å². The van der Waals surface area contributed by atoms with Gasteiger partial charge in [-0.3, -0.25) is 14.4 Å². The molecule has 2 aromatic carbocycles. The molecule has 1 N–H and O–H groups in total. The first-order valence-corrected chi connectivity index (χ1v) is 11.8. The number of hydrogen-bond acceptors (Lipinski definition) is 4. The van der Waals surface area contributed by atoms with Crippen molar-refractivity contribution in [3.63, 3.8) is 0 Å². The van der Waals surface area contributed by atoms with E-state index in [9.17, 15) is 24.0 Å². The van der Waals surface area contributed by atoms with E-state index in [0.717, 1.165) is 23.1 Å². The van der Waals surface area contributed by atoms with Gasteiger partial charge in [-0.05, 0) is 60.9 Å². The van der Waals surface area contributed by atoms with Crippen LogP contribution in [0.5, 0.6) is 0 Å². The van der Waals surface area contributed by atoms with Gasteiger partial charge in [0, 0.05) is 20.6 Å². The predicted octanol–water partition coefficient (Wildman–Crippen LogP) is 2.90. The molecule has 3 amide bonds. The summed E-state index contributed by atoms with van der Waals surface area (Å²) < 4.78 is 13.8. The molecule has 1 aliphatic heterocycles. The first kappa shape index (κ1) is 24.4. The highest BCUT2D eigenvalue weighted by Crippen LogP contribution is 2.43. The average molecular weight is 477 g/mol. The van der Waals surface area contributed by atoms with Gasteiger partial charge in [-0.15, -0.1) is 0 Å². The van der Waals surface area contributed by atoms with Gasteiger partial charge in [-0.2, -0.15) is 5.26 Å². The molecule has 1 heterocycles. The van der Waals surface area contributed by atoms with Crippen molar-refractivity contribution in [3.8, 4) is 17.2 Å². The highest BCUT2D eigenvalue weighted by atomic mass is 19.1. The summed E-state index contributed by atoms with van der Waals surface area (Å²) in [4.78, 5) is 41.1. The molecule has 4 rings (SSSR count). The molecule has 182 valence electrons. The van der Waals surface area contributed by atoms with E-state index in [4.69, 9.17) is 0 Å². The van der Waals surface area contributed by atoms with Crippen LogP contribution in [0.15, 0.2) is 48.5 Å². The van der Waals surface area contributed by atoms with E-state index < -0.39 is 29.3 Å². The van der Waals surface area contributed by atoms with Gasteiger partial charge in [0.2, 0.25) is 5.91 Å². The lowest BCUT2D eigenvalue weighted by Crippen LogP contribution is -2.54. The van der Waals surface area contributed by atoms with Crippen molar-refractivity contribution in [2.75, 3.05) is 20.6 Å². The number of hydrogen-bond donors (Lipinski definition) is 1. The van der Waals surface area contributed by atoms with E-state index in [1.54, 1.807) is 11.0 Å². The summed E-state index contributed by atoms with van der Waals surface area (Å²) in [6, 6.07) is 15.4. The normalized spacial score (nSPS) is 20.5. The second kappa shape index (κ2) is 9.87. The predicted molar refractivity (Wildman–Crippen MR) is 128 cm³/mol. The number of nitrogens with one attached hydrogen (secondary N) is 1. The molecule has 2 aromatic rings. The van der Waals surface area contributed by atoms with Gasteiger partial charge >= 0.3 is 11.8 Å². The van der Waals surface area contributed by atoms with Gasteiger partial charge in [-0.1, -0.05) is 36.4 Å². The molecule has 2 fully saturated rings. The number of rotatable bonds is 5. The minimum Gasteiger partial charge on any atom is -0.343 e. The Labute approximate surface area is 204 Å². The van der Waals surface area contributed by atoms with Crippen LogP contribution in [0.1, 0.15) is 31.2 Å². The maximum absolute atomic E-state index is 13.8. The van der Waals surface area contributed by atoms with Crippen molar-refractivity contribution in [2.45, 2.75) is 44.2 Å². The summed E-state index contributed by atoms with van der Waals surface area (Å²) >= 11 is 0. The lowest BCUT2D eigenvalue weighted by atomic mass is 9.69. The lowest BCUT2D eigenvalue weighted by Gasteiger charge is -2.39. The maximum atomic E-state index is 13.8. The summed E-state index contributed by atoms with van der Waals surface area (Å²) in [5, 5.41) is 12.5. The first-order valence-electron chi connectivity index (χ1n) is 11.8. The molecule has 0 unspecified atom stereocenters. The Hall–Kier alpha value is -3.73. The number of nitrogens with zero attached hydrogens (tertiary/aromatic N) is 3. The number of amides is 3. The summed E-state index contributed by atoms with van der Waals surface area (Å²) in [5.41, 5.74) is 1.49. The van der Waals surface area contributed by atoms with Crippen molar-refractivity contribution in [3.05, 3.63) is 59.9 Å².